The fourth-order valence-corrected chi connectivity index (χ4v) is 15.0. The first kappa shape index (κ1) is 41.7. The van der Waals surface area contributed by atoms with Gasteiger partial charge in [-0.05, 0) is 110 Å². The average Bonchev–Trinajstić information content (AvgIpc) is 3.84. The van der Waals surface area contributed by atoms with Crippen LogP contribution in [0.1, 0.15) is 55.8 Å². The van der Waals surface area contributed by atoms with Crippen LogP contribution < -0.4 is 5.73 Å². The summed E-state index contributed by atoms with van der Waals surface area (Å²) in [7, 11) is 0. The lowest BCUT2D eigenvalue weighted by molar-refractivity contribution is 0.800. The first-order valence-electron chi connectivity index (χ1n) is 26.4. The SMILES string of the molecule is Cc1c(C2=C(N)c3ccccc3C23c2ccccc2-c2ccccc23)c2ccccc2n1-c1ccc(-c2ccc(-n3c4ccccc4c4c5c(ncc43)-c3ccccc3C53c4ccccc4-c4ccccc43)cc2)cc1. The van der Waals surface area contributed by atoms with E-state index in [2.05, 4.69) is 265 Å². The van der Waals surface area contributed by atoms with Gasteiger partial charge in [-0.15, -0.1) is 0 Å². The number of nitrogens with two attached hydrogens (primary N) is 1. The molecule has 354 valence electrons. The zero-order chi connectivity index (χ0) is 50.0. The van der Waals surface area contributed by atoms with Crippen molar-refractivity contribution in [2.24, 2.45) is 5.73 Å². The molecule has 4 nitrogen and oxygen atoms in total. The summed E-state index contributed by atoms with van der Waals surface area (Å²) in [6, 6.07) is 89.6. The number of hydrogen-bond donors (Lipinski definition) is 1. The van der Waals surface area contributed by atoms with Gasteiger partial charge in [0.15, 0.2) is 0 Å². The molecule has 76 heavy (non-hydrogen) atoms. The number of pyridine rings is 1. The minimum atomic E-state index is -0.568. The highest BCUT2D eigenvalue weighted by Gasteiger charge is 2.55. The molecule has 17 rings (SSSR count). The van der Waals surface area contributed by atoms with Crippen LogP contribution in [0, 0.1) is 6.92 Å². The summed E-state index contributed by atoms with van der Waals surface area (Å²) in [4.78, 5) is 5.44. The van der Waals surface area contributed by atoms with Crippen LogP contribution >= 0.6 is 0 Å². The number of aromatic nitrogens is 3. The Labute approximate surface area is 439 Å². The van der Waals surface area contributed by atoms with Gasteiger partial charge in [0, 0.05) is 66.8 Å². The van der Waals surface area contributed by atoms with E-state index < -0.39 is 10.8 Å². The minimum Gasteiger partial charge on any atom is -0.398 e. The van der Waals surface area contributed by atoms with Crippen molar-refractivity contribution in [1.29, 1.82) is 0 Å². The van der Waals surface area contributed by atoms with Crippen LogP contribution in [-0.2, 0) is 10.8 Å². The number of allylic oxidation sites excluding steroid dienone is 1. The fraction of sp³-hybridized carbons (Fsp3) is 0.0417. The van der Waals surface area contributed by atoms with Crippen LogP contribution in [0.3, 0.4) is 0 Å². The van der Waals surface area contributed by atoms with Crippen molar-refractivity contribution in [1.82, 2.24) is 14.1 Å². The summed E-state index contributed by atoms with van der Waals surface area (Å²) in [5.74, 6) is 0. The van der Waals surface area contributed by atoms with Crippen molar-refractivity contribution >= 4 is 44.0 Å². The molecular weight excluding hydrogens is 921 g/mol. The van der Waals surface area contributed by atoms with Crippen molar-refractivity contribution in [2.75, 3.05) is 0 Å². The number of rotatable bonds is 4. The summed E-state index contributed by atoms with van der Waals surface area (Å²) >= 11 is 0. The van der Waals surface area contributed by atoms with Crippen LogP contribution in [0.5, 0.6) is 0 Å². The Morgan fingerprint density at radius 1 is 0.368 bits per heavy atom. The molecule has 10 aromatic carbocycles. The molecule has 2 spiro atoms. The molecule has 0 unspecified atom stereocenters. The predicted octanol–water partition coefficient (Wildman–Crippen LogP) is 16.6. The largest absolute Gasteiger partial charge is 0.398 e. The van der Waals surface area contributed by atoms with Crippen molar-refractivity contribution in [2.45, 2.75) is 17.8 Å². The van der Waals surface area contributed by atoms with E-state index in [1.165, 1.54) is 88.5 Å². The Morgan fingerprint density at radius 2 is 0.763 bits per heavy atom. The molecule has 0 radical (unpaired) electrons. The second-order valence-corrected chi connectivity index (χ2v) is 21.1. The van der Waals surface area contributed by atoms with E-state index in [-0.39, 0.29) is 0 Å². The third-order valence-electron chi connectivity index (χ3n) is 17.8. The van der Waals surface area contributed by atoms with Gasteiger partial charge in [-0.25, -0.2) is 0 Å². The van der Waals surface area contributed by atoms with Gasteiger partial charge in [0.2, 0.25) is 0 Å². The van der Waals surface area contributed by atoms with E-state index in [1.807, 2.05) is 0 Å². The molecule has 2 N–H and O–H groups in total. The molecule has 0 saturated heterocycles. The minimum absolute atomic E-state index is 0.507. The van der Waals surface area contributed by atoms with Gasteiger partial charge in [0.25, 0.3) is 0 Å². The second kappa shape index (κ2) is 14.9. The molecule has 13 aromatic rings. The van der Waals surface area contributed by atoms with E-state index in [0.717, 1.165) is 67.3 Å². The molecule has 3 heterocycles. The topological polar surface area (TPSA) is 48.8 Å². The lowest BCUT2D eigenvalue weighted by Crippen LogP contribution is -2.27. The number of hydrogen-bond acceptors (Lipinski definition) is 2. The van der Waals surface area contributed by atoms with Crippen molar-refractivity contribution in [3.63, 3.8) is 0 Å². The van der Waals surface area contributed by atoms with Crippen LogP contribution in [0.2, 0.25) is 0 Å². The Balaban J connectivity index is 0.787. The van der Waals surface area contributed by atoms with Crippen LogP contribution in [0.15, 0.2) is 249 Å². The lowest BCUT2D eigenvalue weighted by Gasteiger charge is -2.33. The first-order chi connectivity index (χ1) is 37.6. The number of benzene rings is 10. The fourth-order valence-electron chi connectivity index (χ4n) is 15.0. The lowest BCUT2D eigenvalue weighted by atomic mass is 9.67. The molecule has 0 atom stereocenters. The van der Waals surface area contributed by atoms with E-state index in [0.29, 0.717) is 0 Å². The standard InChI is InChI=1S/C72H46N4/c1-43-65(67-69(73)52-22-6-14-30-60(52)71(67)56-26-10-2-18-48(56)49-19-3-11-27-57(49)71)54-24-8-16-32-62(54)75(43)46-38-34-44(35-39-46)45-36-40-47(41-37-45)76-63-33-17-9-25-55(63)66-64(76)42-74-70-53-23-7-15-31-61(53)72(68(66)70)58-28-12-4-20-50(58)51-21-5-13-29-59(51)72/h2-42H,73H2,1H3. The Kier molecular flexibility index (Phi) is 8.19. The smallest absolute Gasteiger partial charge is 0.0761 e. The van der Waals surface area contributed by atoms with E-state index in [1.54, 1.807) is 0 Å². The average molecular weight is 967 g/mol. The Morgan fingerprint density at radius 3 is 1.30 bits per heavy atom. The monoisotopic (exact) mass is 966 g/mol. The summed E-state index contributed by atoms with van der Waals surface area (Å²) < 4.78 is 4.85. The Bertz CT molecular complexity index is 4610. The normalized spacial score (nSPS) is 14.6. The zero-order valence-electron chi connectivity index (χ0n) is 41.6. The zero-order valence-corrected chi connectivity index (χ0v) is 41.6. The van der Waals surface area contributed by atoms with Crippen LogP contribution in [-0.4, -0.2) is 14.1 Å². The van der Waals surface area contributed by atoms with Gasteiger partial charge in [0.05, 0.1) is 39.3 Å². The molecule has 0 saturated carbocycles. The number of fused-ring (bicyclic) bond motifs is 22. The summed E-state index contributed by atoms with van der Waals surface area (Å²) in [5, 5.41) is 3.67. The summed E-state index contributed by atoms with van der Waals surface area (Å²) in [5.41, 5.74) is 36.3. The quantitative estimate of drug-likeness (QED) is 0.191. The third-order valence-corrected chi connectivity index (χ3v) is 17.8. The number of para-hydroxylation sites is 2. The Hall–Kier alpha value is -9.77. The molecule has 0 amide bonds. The molecule has 0 fully saturated rings. The highest BCUT2D eigenvalue weighted by molar-refractivity contribution is 6.16. The molecule has 4 aliphatic carbocycles. The van der Waals surface area contributed by atoms with Gasteiger partial charge >= 0.3 is 0 Å². The first-order valence-corrected chi connectivity index (χ1v) is 26.4. The van der Waals surface area contributed by atoms with Gasteiger partial charge in [0.1, 0.15) is 0 Å². The van der Waals surface area contributed by atoms with Gasteiger partial charge < -0.3 is 14.9 Å². The highest BCUT2D eigenvalue weighted by Crippen LogP contribution is 2.66. The van der Waals surface area contributed by atoms with Gasteiger partial charge in [-0.1, -0.05) is 206 Å². The van der Waals surface area contributed by atoms with E-state index >= 15 is 0 Å². The highest BCUT2D eigenvalue weighted by atomic mass is 15.0. The molecule has 4 aliphatic rings. The van der Waals surface area contributed by atoms with Crippen LogP contribution in [0.4, 0.5) is 0 Å². The maximum Gasteiger partial charge on any atom is 0.0761 e. The predicted molar refractivity (Wildman–Crippen MR) is 311 cm³/mol. The van der Waals surface area contributed by atoms with Gasteiger partial charge in [-0.2, -0.15) is 0 Å². The molecule has 0 aliphatic heterocycles. The number of nitrogens with zero attached hydrogens (tertiary/aromatic N) is 3. The van der Waals surface area contributed by atoms with Crippen molar-refractivity contribution in [3.05, 3.63) is 305 Å². The summed E-state index contributed by atoms with van der Waals surface area (Å²) in [6.45, 7) is 2.27. The molecule has 4 heteroatoms. The van der Waals surface area contributed by atoms with Crippen LogP contribution in [0.25, 0.3) is 100.0 Å². The second-order valence-electron chi connectivity index (χ2n) is 21.1. The van der Waals surface area contributed by atoms with E-state index in [4.69, 9.17) is 10.7 Å². The molecular formula is C72H46N4. The van der Waals surface area contributed by atoms with Gasteiger partial charge in [-0.3, -0.25) is 4.98 Å². The maximum atomic E-state index is 7.54. The molecule has 0 bridgehead atoms. The van der Waals surface area contributed by atoms with E-state index in [9.17, 15) is 0 Å². The maximum absolute atomic E-state index is 7.54. The van der Waals surface area contributed by atoms with Crippen molar-refractivity contribution < 1.29 is 0 Å². The van der Waals surface area contributed by atoms with Crippen molar-refractivity contribution in [3.8, 4) is 56.0 Å². The summed E-state index contributed by atoms with van der Waals surface area (Å²) in [6.07, 6.45) is 2.11. The third kappa shape index (κ3) is 4.97. The molecule has 3 aromatic heterocycles.